The summed E-state index contributed by atoms with van der Waals surface area (Å²) in [4.78, 5) is 4.90. The molecule has 9 aromatic rings. The molecule has 0 saturated carbocycles. The number of anilines is 6. The first-order valence-corrected chi connectivity index (χ1v) is 16.9. The van der Waals surface area contributed by atoms with E-state index >= 15 is 0 Å². The lowest BCUT2D eigenvalue weighted by molar-refractivity contribution is 0.669. The van der Waals surface area contributed by atoms with E-state index in [1.807, 2.05) is 23.5 Å². The maximum atomic E-state index is 6.38. The van der Waals surface area contributed by atoms with E-state index in [-0.39, 0.29) is 6.71 Å². The van der Waals surface area contributed by atoms with Gasteiger partial charge >= 0.3 is 0 Å². The lowest BCUT2D eigenvalue weighted by atomic mass is 9.33. The fraction of sp³-hybridized carbons (Fsp3) is 0. The van der Waals surface area contributed by atoms with Gasteiger partial charge in [-0.2, -0.15) is 0 Å². The highest BCUT2D eigenvalue weighted by Gasteiger charge is 2.42. The Kier molecular flexibility index (Phi) is 5.07. The summed E-state index contributed by atoms with van der Waals surface area (Å²) in [6, 6.07) is 55.3. The third-order valence-corrected chi connectivity index (χ3v) is 11.2. The molecule has 0 spiro atoms. The van der Waals surface area contributed by atoms with E-state index in [0.29, 0.717) is 0 Å². The Balaban J connectivity index is 1.16. The molecule has 2 aliphatic rings. The summed E-state index contributed by atoms with van der Waals surface area (Å²) >= 11 is 1.87. The molecule has 0 saturated heterocycles. The van der Waals surface area contributed by atoms with Crippen molar-refractivity contribution >= 4 is 111 Å². The van der Waals surface area contributed by atoms with E-state index in [1.165, 1.54) is 65.0 Å². The minimum atomic E-state index is 0.115. The Hall–Kier alpha value is -5.78. The van der Waals surface area contributed by atoms with Crippen LogP contribution in [0.1, 0.15) is 0 Å². The number of hydrogen-bond acceptors (Lipinski definition) is 4. The molecule has 11 rings (SSSR count). The van der Waals surface area contributed by atoms with Crippen LogP contribution in [-0.4, -0.2) is 6.71 Å². The molecule has 3 nitrogen and oxygen atoms in total. The average molecular weight is 617 g/mol. The molecule has 47 heavy (non-hydrogen) atoms. The normalized spacial score (nSPS) is 13.4. The van der Waals surface area contributed by atoms with Crippen LogP contribution >= 0.6 is 11.3 Å². The third-order valence-electron chi connectivity index (χ3n) is 10.0. The van der Waals surface area contributed by atoms with E-state index in [2.05, 4.69) is 149 Å². The first-order chi connectivity index (χ1) is 23.3. The fourth-order valence-corrected chi connectivity index (χ4v) is 9.24. The number of para-hydroxylation sites is 3. The number of hydrogen-bond donors (Lipinski definition) is 0. The van der Waals surface area contributed by atoms with Crippen molar-refractivity contribution in [3.8, 4) is 0 Å². The van der Waals surface area contributed by atoms with Gasteiger partial charge in [-0.15, -0.1) is 11.3 Å². The van der Waals surface area contributed by atoms with Crippen molar-refractivity contribution in [2.45, 2.75) is 0 Å². The molecule has 0 fully saturated rings. The summed E-state index contributed by atoms with van der Waals surface area (Å²) in [7, 11) is 0. The minimum absolute atomic E-state index is 0.115. The Labute approximate surface area is 275 Å². The van der Waals surface area contributed by atoms with Crippen LogP contribution in [-0.2, 0) is 0 Å². The van der Waals surface area contributed by atoms with Crippen molar-refractivity contribution in [1.29, 1.82) is 0 Å². The second-order valence-electron chi connectivity index (χ2n) is 12.5. The number of thiophene rings is 1. The van der Waals surface area contributed by atoms with Crippen LogP contribution in [0.3, 0.4) is 0 Å². The number of nitrogens with zero attached hydrogens (tertiary/aromatic N) is 2. The van der Waals surface area contributed by atoms with Crippen LogP contribution in [0.4, 0.5) is 34.1 Å². The van der Waals surface area contributed by atoms with Crippen LogP contribution < -0.4 is 26.2 Å². The van der Waals surface area contributed by atoms with Crippen LogP contribution in [0.15, 0.2) is 156 Å². The number of fused-ring (bicyclic) bond motifs is 10. The third kappa shape index (κ3) is 3.47. The maximum Gasteiger partial charge on any atom is 0.252 e. The van der Waals surface area contributed by atoms with Crippen molar-refractivity contribution < 1.29 is 4.42 Å². The largest absolute Gasteiger partial charge is 0.456 e. The summed E-state index contributed by atoms with van der Waals surface area (Å²) in [5.41, 5.74) is 12.9. The SMILES string of the molecule is c1ccc2c(c1)B1c3ccccc3N(c3ccc4c(c3)sc3ccccc34)c3cccc(c31)N2c1ccc2c(c1)oc1ccccc12. The Morgan fingerprint density at radius 2 is 0.979 bits per heavy atom. The van der Waals surface area contributed by atoms with Crippen molar-refractivity contribution in [2.24, 2.45) is 0 Å². The zero-order chi connectivity index (χ0) is 30.6. The molecule has 2 aliphatic heterocycles. The molecule has 0 unspecified atom stereocenters. The second kappa shape index (κ2) is 9.38. The van der Waals surface area contributed by atoms with Gasteiger partial charge in [0.25, 0.3) is 6.71 Å². The molecule has 2 aromatic heterocycles. The monoisotopic (exact) mass is 616 g/mol. The highest BCUT2D eigenvalue weighted by atomic mass is 32.1. The van der Waals surface area contributed by atoms with Gasteiger partial charge in [0.15, 0.2) is 0 Å². The predicted octanol–water partition coefficient (Wildman–Crippen LogP) is 10.0. The highest BCUT2D eigenvalue weighted by Crippen LogP contribution is 2.46. The molecule has 0 radical (unpaired) electrons. The van der Waals surface area contributed by atoms with Crippen LogP contribution in [0.2, 0.25) is 0 Å². The van der Waals surface area contributed by atoms with Crippen LogP contribution in [0.25, 0.3) is 42.1 Å². The van der Waals surface area contributed by atoms with Gasteiger partial charge in [0.1, 0.15) is 11.2 Å². The van der Waals surface area contributed by atoms with Crippen LogP contribution in [0.5, 0.6) is 0 Å². The first-order valence-electron chi connectivity index (χ1n) is 16.1. The second-order valence-corrected chi connectivity index (χ2v) is 13.6. The highest BCUT2D eigenvalue weighted by molar-refractivity contribution is 7.25. The maximum absolute atomic E-state index is 6.38. The molecule has 0 aliphatic carbocycles. The van der Waals surface area contributed by atoms with Gasteiger partial charge in [0, 0.05) is 71.1 Å². The summed E-state index contributed by atoms with van der Waals surface area (Å²) in [5.74, 6) is 0. The van der Waals surface area contributed by atoms with Gasteiger partial charge in [-0.25, -0.2) is 0 Å². The van der Waals surface area contributed by atoms with Gasteiger partial charge in [0.2, 0.25) is 0 Å². The predicted molar refractivity (Wildman–Crippen MR) is 201 cm³/mol. The fourth-order valence-electron chi connectivity index (χ4n) is 8.10. The number of rotatable bonds is 2. The summed E-state index contributed by atoms with van der Waals surface area (Å²) in [5, 5.41) is 4.92. The lowest BCUT2D eigenvalue weighted by Crippen LogP contribution is -2.61. The van der Waals surface area contributed by atoms with Crippen molar-refractivity contribution in [3.05, 3.63) is 152 Å². The molecule has 4 heterocycles. The molecule has 7 aromatic carbocycles. The average Bonchev–Trinajstić information content (AvgIpc) is 3.69. The van der Waals surface area contributed by atoms with E-state index in [4.69, 9.17) is 4.42 Å². The zero-order valence-electron chi connectivity index (χ0n) is 25.2. The molecular weight excluding hydrogens is 591 g/mol. The summed E-state index contributed by atoms with van der Waals surface area (Å²) in [6.07, 6.45) is 0. The number of furan rings is 1. The van der Waals surface area contributed by atoms with E-state index in [9.17, 15) is 0 Å². The van der Waals surface area contributed by atoms with Gasteiger partial charge < -0.3 is 14.2 Å². The molecule has 0 N–H and O–H groups in total. The number of benzene rings is 7. The van der Waals surface area contributed by atoms with Crippen molar-refractivity contribution in [2.75, 3.05) is 9.80 Å². The quantitative estimate of drug-likeness (QED) is 0.180. The van der Waals surface area contributed by atoms with Gasteiger partial charge in [-0.05, 0) is 77.1 Å². The topological polar surface area (TPSA) is 19.6 Å². The van der Waals surface area contributed by atoms with Gasteiger partial charge in [-0.1, -0.05) is 84.9 Å². The Morgan fingerprint density at radius 1 is 0.426 bits per heavy atom. The van der Waals surface area contributed by atoms with Gasteiger partial charge in [-0.3, -0.25) is 0 Å². The van der Waals surface area contributed by atoms with Crippen molar-refractivity contribution in [1.82, 2.24) is 0 Å². The van der Waals surface area contributed by atoms with E-state index in [0.717, 1.165) is 27.6 Å². The summed E-state index contributed by atoms with van der Waals surface area (Å²) in [6.45, 7) is 0.115. The van der Waals surface area contributed by atoms with Crippen molar-refractivity contribution in [3.63, 3.8) is 0 Å². The summed E-state index contributed by atoms with van der Waals surface area (Å²) < 4.78 is 9.01. The Morgan fingerprint density at radius 3 is 1.74 bits per heavy atom. The molecule has 218 valence electrons. The molecule has 0 atom stereocenters. The zero-order valence-corrected chi connectivity index (χ0v) is 26.0. The molecular formula is C42H25BN2OS. The first kappa shape index (κ1) is 25.4. The van der Waals surface area contributed by atoms with E-state index in [1.54, 1.807) is 0 Å². The molecule has 0 bridgehead atoms. The molecule has 0 amide bonds. The van der Waals surface area contributed by atoms with Gasteiger partial charge in [0.05, 0.1) is 0 Å². The molecule has 5 heteroatoms. The van der Waals surface area contributed by atoms with Crippen LogP contribution in [0, 0.1) is 0 Å². The standard InChI is InChI=1S/C42H25BN2OS/c1-7-18-38-28(10-1)29-22-20-26(24-39(29)46-38)44-34-14-5-3-12-32(34)43-33-13-4-6-15-35(33)45(37-17-9-16-36(44)42(37)43)27-21-23-31-30-11-2-8-19-40(30)47-41(31)25-27/h1-25H. The van der Waals surface area contributed by atoms with E-state index < -0.39 is 0 Å². The Bertz CT molecular complexity index is 2560. The minimum Gasteiger partial charge on any atom is -0.456 e. The smallest absolute Gasteiger partial charge is 0.252 e. The lowest BCUT2D eigenvalue weighted by Gasteiger charge is -2.44.